The molecule has 4 aromatic rings. The molecule has 2 aromatic heterocycles. The van der Waals surface area contributed by atoms with Crippen LogP contribution in [0.5, 0.6) is 0 Å². The largest absolute Gasteiger partial charge is 0.268 e. The van der Waals surface area contributed by atoms with E-state index in [1.165, 1.54) is 5.56 Å². The lowest BCUT2D eigenvalue weighted by molar-refractivity contribution is 0.821. The average molecular weight is 393 g/mol. The Kier molecular flexibility index (Phi) is 5.14. The second-order valence-corrected chi connectivity index (χ2v) is 8.68. The van der Waals surface area contributed by atoms with Crippen molar-refractivity contribution in [1.82, 2.24) is 9.55 Å². The molecular formula is C22H20N2OS2. The molecule has 0 saturated heterocycles. The van der Waals surface area contributed by atoms with E-state index in [-0.39, 0.29) is 5.56 Å². The first-order valence-corrected chi connectivity index (χ1v) is 10.7. The van der Waals surface area contributed by atoms with Crippen molar-refractivity contribution in [1.29, 1.82) is 0 Å². The average Bonchev–Trinajstić information content (AvgIpc) is 2.97. The van der Waals surface area contributed by atoms with E-state index in [9.17, 15) is 4.79 Å². The predicted molar refractivity (Wildman–Crippen MR) is 116 cm³/mol. The normalized spacial score (nSPS) is 11.2. The zero-order valence-corrected chi connectivity index (χ0v) is 16.9. The lowest BCUT2D eigenvalue weighted by Crippen LogP contribution is -2.21. The summed E-state index contributed by atoms with van der Waals surface area (Å²) in [5.41, 5.74) is 3.22. The summed E-state index contributed by atoms with van der Waals surface area (Å²) in [7, 11) is 0. The van der Waals surface area contributed by atoms with Crippen molar-refractivity contribution in [3.63, 3.8) is 0 Å². The Morgan fingerprint density at radius 2 is 1.67 bits per heavy atom. The van der Waals surface area contributed by atoms with Crippen LogP contribution in [-0.4, -0.2) is 15.3 Å². The molecule has 0 bridgehead atoms. The minimum Gasteiger partial charge on any atom is -0.268 e. The standard InChI is InChI=1S/C22H20N2OS2/c1-15-16(2)27-20-19(15)21(25)24(18-11-7-4-8-12-18)22(23-20)26-14-13-17-9-5-3-6-10-17/h3-12H,13-14H2,1-2H3. The van der Waals surface area contributed by atoms with Gasteiger partial charge in [-0.15, -0.1) is 11.3 Å². The zero-order valence-electron chi connectivity index (χ0n) is 15.3. The van der Waals surface area contributed by atoms with Crippen LogP contribution in [0.4, 0.5) is 0 Å². The SMILES string of the molecule is Cc1sc2nc(SCCc3ccccc3)n(-c3ccccc3)c(=O)c2c1C. The Morgan fingerprint density at radius 3 is 2.37 bits per heavy atom. The van der Waals surface area contributed by atoms with Crippen LogP contribution >= 0.6 is 23.1 Å². The number of hydrogen-bond acceptors (Lipinski definition) is 4. The van der Waals surface area contributed by atoms with Crippen LogP contribution in [0.3, 0.4) is 0 Å². The summed E-state index contributed by atoms with van der Waals surface area (Å²) in [6.45, 7) is 4.06. The third-order valence-electron chi connectivity index (χ3n) is 4.65. The van der Waals surface area contributed by atoms with Gasteiger partial charge in [0.25, 0.3) is 5.56 Å². The minimum absolute atomic E-state index is 0.0234. The van der Waals surface area contributed by atoms with E-state index in [0.29, 0.717) is 0 Å². The molecule has 0 unspecified atom stereocenters. The van der Waals surface area contributed by atoms with E-state index >= 15 is 0 Å². The molecule has 4 rings (SSSR count). The highest BCUT2D eigenvalue weighted by atomic mass is 32.2. The summed E-state index contributed by atoms with van der Waals surface area (Å²) in [4.78, 5) is 20.2. The number of nitrogens with zero attached hydrogens (tertiary/aromatic N) is 2. The van der Waals surface area contributed by atoms with Gasteiger partial charge >= 0.3 is 0 Å². The number of fused-ring (bicyclic) bond motifs is 1. The fraction of sp³-hybridized carbons (Fsp3) is 0.182. The number of benzene rings is 2. The lowest BCUT2D eigenvalue weighted by Gasteiger charge is -2.12. The zero-order chi connectivity index (χ0) is 18.8. The number of rotatable bonds is 5. The molecule has 0 atom stereocenters. The second kappa shape index (κ2) is 7.71. The Balaban J connectivity index is 1.77. The molecule has 0 N–H and O–H groups in total. The maximum absolute atomic E-state index is 13.3. The summed E-state index contributed by atoms with van der Waals surface area (Å²) < 4.78 is 1.76. The van der Waals surface area contributed by atoms with Crippen LogP contribution in [0.1, 0.15) is 16.0 Å². The highest BCUT2D eigenvalue weighted by molar-refractivity contribution is 7.99. The molecule has 0 aliphatic heterocycles. The smallest absolute Gasteiger partial charge is 0.267 e. The third-order valence-corrected chi connectivity index (χ3v) is 6.69. The van der Waals surface area contributed by atoms with Crippen molar-refractivity contribution in [2.45, 2.75) is 25.4 Å². The molecule has 0 spiro atoms. The Hall–Kier alpha value is -2.37. The van der Waals surface area contributed by atoms with Crippen molar-refractivity contribution in [3.05, 3.63) is 87.0 Å². The van der Waals surface area contributed by atoms with Crippen molar-refractivity contribution in [2.24, 2.45) is 0 Å². The number of thiophene rings is 1. The molecule has 27 heavy (non-hydrogen) atoms. The van der Waals surface area contributed by atoms with Gasteiger partial charge in [0.15, 0.2) is 5.16 Å². The summed E-state index contributed by atoms with van der Waals surface area (Å²) in [6.07, 6.45) is 0.941. The molecule has 2 aromatic carbocycles. The molecule has 136 valence electrons. The molecular weight excluding hydrogens is 372 g/mol. The maximum atomic E-state index is 13.3. The van der Waals surface area contributed by atoms with E-state index < -0.39 is 0 Å². The Bertz CT molecular complexity index is 1130. The first kappa shape index (κ1) is 18.0. The molecule has 0 saturated carbocycles. The summed E-state index contributed by atoms with van der Waals surface area (Å²) in [5, 5.41) is 1.50. The molecule has 2 heterocycles. The van der Waals surface area contributed by atoms with Crippen molar-refractivity contribution in [2.75, 3.05) is 5.75 Å². The first-order valence-electron chi connectivity index (χ1n) is 8.90. The second-order valence-electron chi connectivity index (χ2n) is 6.42. The molecule has 0 aliphatic rings. The van der Waals surface area contributed by atoms with Gasteiger partial charge in [0.2, 0.25) is 0 Å². The molecule has 5 heteroatoms. The van der Waals surface area contributed by atoms with Gasteiger partial charge in [0.05, 0.1) is 11.1 Å². The van der Waals surface area contributed by atoms with Gasteiger partial charge in [-0.05, 0) is 43.5 Å². The van der Waals surface area contributed by atoms with Gasteiger partial charge in [-0.1, -0.05) is 60.3 Å². The third kappa shape index (κ3) is 3.57. The Morgan fingerprint density at radius 1 is 1.00 bits per heavy atom. The molecule has 0 radical (unpaired) electrons. The predicted octanol–water partition coefficient (Wildman–Crippen LogP) is 5.40. The van der Waals surface area contributed by atoms with Crippen LogP contribution in [-0.2, 0) is 6.42 Å². The highest BCUT2D eigenvalue weighted by Gasteiger charge is 2.17. The van der Waals surface area contributed by atoms with Gasteiger partial charge in [-0.3, -0.25) is 9.36 Å². The maximum Gasteiger partial charge on any atom is 0.267 e. The van der Waals surface area contributed by atoms with Gasteiger partial charge < -0.3 is 0 Å². The van der Waals surface area contributed by atoms with E-state index in [0.717, 1.165) is 43.7 Å². The summed E-state index contributed by atoms with van der Waals surface area (Å²) in [6, 6.07) is 20.2. The topological polar surface area (TPSA) is 34.9 Å². The fourth-order valence-electron chi connectivity index (χ4n) is 3.08. The van der Waals surface area contributed by atoms with Gasteiger partial charge in [-0.2, -0.15) is 0 Å². The molecule has 0 aliphatic carbocycles. The van der Waals surface area contributed by atoms with Crippen LogP contribution in [0.15, 0.2) is 70.6 Å². The quantitative estimate of drug-likeness (QED) is 0.337. The fourth-order valence-corrected chi connectivity index (χ4v) is 5.15. The highest BCUT2D eigenvalue weighted by Crippen LogP contribution is 2.29. The molecule has 0 amide bonds. The molecule has 0 fully saturated rings. The summed E-state index contributed by atoms with van der Waals surface area (Å²) >= 11 is 3.24. The van der Waals surface area contributed by atoms with E-state index in [4.69, 9.17) is 4.98 Å². The van der Waals surface area contributed by atoms with Crippen LogP contribution in [0.25, 0.3) is 15.9 Å². The number of hydrogen-bond donors (Lipinski definition) is 0. The number of aryl methyl sites for hydroxylation is 3. The van der Waals surface area contributed by atoms with Gasteiger partial charge in [0, 0.05) is 10.6 Å². The Labute approximate surface area is 166 Å². The van der Waals surface area contributed by atoms with Gasteiger partial charge in [0.1, 0.15) is 4.83 Å². The van der Waals surface area contributed by atoms with Crippen molar-refractivity contribution in [3.8, 4) is 5.69 Å². The summed E-state index contributed by atoms with van der Waals surface area (Å²) in [5.74, 6) is 0.873. The number of para-hydroxylation sites is 1. The van der Waals surface area contributed by atoms with Gasteiger partial charge in [-0.25, -0.2) is 4.98 Å². The minimum atomic E-state index is 0.0234. The number of thioether (sulfide) groups is 1. The van der Waals surface area contributed by atoms with E-state index in [1.54, 1.807) is 27.7 Å². The lowest BCUT2D eigenvalue weighted by atomic mass is 10.2. The van der Waals surface area contributed by atoms with Crippen molar-refractivity contribution < 1.29 is 0 Å². The first-order chi connectivity index (χ1) is 13.1. The van der Waals surface area contributed by atoms with Crippen molar-refractivity contribution >= 4 is 33.3 Å². The van der Waals surface area contributed by atoms with E-state index in [1.807, 2.05) is 43.3 Å². The van der Waals surface area contributed by atoms with Crippen LogP contribution < -0.4 is 5.56 Å². The molecule has 3 nitrogen and oxygen atoms in total. The monoisotopic (exact) mass is 392 g/mol. The van der Waals surface area contributed by atoms with E-state index in [2.05, 4.69) is 31.2 Å². The van der Waals surface area contributed by atoms with Crippen LogP contribution in [0.2, 0.25) is 0 Å². The number of aromatic nitrogens is 2. The van der Waals surface area contributed by atoms with Crippen LogP contribution in [0, 0.1) is 13.8 Å².